The molecule has 0 aromatic carbocycles. The highest BCUT2D eigenvalue weighted by molar-refractivity contribution is 7.99. The van der Waals surface area contributed by atoms with Gasteiger partial charge in [0.2, 0.25) is 0 Å². The Hall–Kier alpha value is 0.01000. The first-order valence-electron chi connectivity index (χ1n) is 5.29. The van der Waals surface area contributed by atoms with Crippen LogP contribution in [0.2, 0.25) is 0 Å². The fourth-order valence-corrected chi connectivity index (χ4v) is 2.39. The Kier molecular flexibility index (Phi) is 4.68. The molecule has 0 amide bonds. The standard InChI is InChI=1S/C12H21NS2/c1-9-6-7-11(15-9)10(2)13-8-12(3,4)14-5/h6-7,10,13H,8H2,1-5H3. The minimum atomic E-state index is 0.320. The van der Waals surface area contributed by atoms with Gasteiger partial charge in [-0.05, 0) is 46.1 Å². The third kappa shape index (κ3) is 4.17. The Morgan fingerprint density at radius 2 is 2.13 bits per heavy atom. The van der Waals surface area contributed by atoms with E-state index in [0.717, 1.165) is 6.54 Å². The maximum atomic E-state index is 3.59. The lowest BCUT2D eigenvalue weighted by Crippen LogP contribution is -2.33. The Labute approximate surface area is 102 Å². The van der Waals surface area contributed by atoms with E-state index in [9.17, 15) is 0 Å². The molecule has 0 saturated carbocycles. The highest BCUT2D eigenvalue weighted by Crippen LogP contribution is 2.25. The third-order valence-electron chi connectivity index (χ3n) is 2.57. The normalized spacial score (nSPS) is 14.2. The van der Waals surface area contributed by atoms with Crippen molar-refractivity contribution in [1.82, 2.24) is 5.32 Å². The molecule has 0 bridgehead atoms. The van der Waals surface area contributed by atoms with E-state index >= 15 is 0 Å². The van der Waals surface area contributed by atoms with E-state index in [1.165, 1.54) is 9.75 Å². The highest BCUT2D eigenvalue weighted by Gasteiger charge is 2.17. The molecule has 0 aliphatic rings. The van der Waals surface area contributed by atoms with Crippen LogP contribution >= 0.6 is 23.1 Å². The lowest BCUT2D eigenvalue weighted by Gasteiger charge is -2.24. The van der Waals surface area contributed by atoms with Gasteiger partial charge in [-0.25, -0.2) is 0 Å². The largest absolute Gasteiger partial charge is 0.308 e. The van der Waals surface area contributed by atoms with Crippen LogP contribution in [-0.2, 0) is 0 Å². The summed E-state index contributed by atoms with van der Waals surface area (Å²) in [6.07, 6.45) is 2.17. The molecule has 86 valence electrons. The van der Waals surface area contributed by atoms with E-state index in [0.29, 0.717) is 10.8 Å². The van der Waals surface area contributed by atoms with Crippen molar-refractivity contribution in [2.24, 2.45) is 0 Å². The summed E-state index contributed by atoms with van der Waals surface area (Å²) in [6, 6.07) is 4.89. The van der Waals surface area contributed by atoms with Crippen molar-refractivity contribution in [1.29, 1.82) is 0 Å². The number of thiophene rings is 1. The first-order valence-corrected chi connectivity index (χ1v) is 7.33. The zero-order valence-electron chi connectivity index (χ0n) is 10.3. The monoisotopic (exact) mass is 243 g/mol. The Morgan fingerprint density at radius 1 is 1.47 bits per heavy atom. The molecule has 3 heteroatoms. The zero-order valence-corrected chi connectivity index (χ0v) is 11.9. The van der Waals surface area contributed by atoms with Crippen LogP contribution in [0, 0.1) is 6.92 Å². The maximum Gasteiger partial charge on any atom is 0.0386 e. The van der Waals surface area contributed by atoms with Gasteiger partial charge in [0.25, 0.3) is 0 Å². The number of aryl methyl sites for hydroxylation is 1. The molecule has 1 N–H and O–H groups in total. The van der Waals surface area contributed by atoms with E-state index < -0.39 is 0 Å². The van der Waals surface area contributed by atoms with Gasteiger partial charge < -0.3 is 5.32 Å². The van der Waals surface area contributed by atoms with E-state index in [1.54, 1.807) is 0 Å². The third-order valence-corrected chi connectivity index (χ3v) is 5.01. The Bertz CT molecular complexity index is 304. The van der Waals surface area contributed by atoms with Crippen LogP contribution < -0.4 is 5.32 Å². The molecule has 1 aromatic rings. The predicted molar refractivity (Wildman–Crippen MR) is 73.1 cm³/mol. The molecule has 1 nitrogen and oxygen atoms in total. The quantitative estimate of drug-likeness (QED) is 0.843. The van der Waals surface area contributed by atoms with Gasteiger partial charge in [0.05, 0.1) is 0 Å². The van der Waals surface area contributed by atoms with Gasteiger partial charge in [0, 0.05) is 27.1 Å². The van der Waals surface area contributed by atoms with Gasteiger partial charge in [-0.1, -0.05) is 0 Å². The molecule has 1 rings (SSSR count). The van der Waals surface area contributed by atoms with Gasteiger partial charge in [0.15, 0.2) is 0 Å². The first-order chi connectivity index (χ1) is 6.94. The summed E-state index contributed by atoms with van der Waals surface area (Å²) in [5.74, 6) is 0. The second-order valence-corrected chi connectivity index (χ2v) is 7.35. The molecule has 0 aliphatic heterocycles. The van der Waals surface area contributed by atoms with Crippen LogP contribution in [0.4, 0.5) is 0 Å². The fraction of sp³-hybridized carbons (Fsp3) is 0.667. The van der Waals surface area contributed by atoms with Crippen molar-refractivity contribution < 1.29 is 0 Å². The van der Waals surface area contributed by atoms with E-state index in [1.807, 2.05) is 23.1 Å². The molecule has 1 unspecified atom stereocenters. The van der Waals surface area contributed by atoms with E-state index in [2.05, 4.69) is 51.4 Å². The van der Waals surface area contributed by atoms with Crippen LogP contribution in [-0.4, -0.2) is 17.5 Å². The molecule has 1 aromatic heterocycles. The zero-order chi connectivity index (χ0) is 11.5. The van der Waals surface area contributed by atoms with Crippen molar-refractivity contribution >= 4 is 23.1 Å². The first kappa shape index (κ1) is 13.1. The average molecular weight is 243 g/mol. The molecule has 15 heavy (non-hydrogen) atoms. The minimum absolute atomic E-state index is 0.320. The Balaban J connectivity index is 2.46. The van der Waals surface area contributed by atoms with Crippen molar-refractivity contribution in [3.05, 3.63) is 21.9 Å². The van der Waals surface area contributed by atoms with Gasteiger partial charge in [-0.15, -0.1) is 11.3 Å². The van der Waals surface area contributed by atoms with Crippen molar-refractivity contribution in [2.75, 3.05) is 12.8 Å². The maximum absolute atomic E-state index is 3.59. The lowest BCUT2D eigenvalue weighted by atomic mass is 10.2. The number of thioether (sulfide) groups is 1. The molecule has 0 aliphatic carbocycles. The van der Waals surface area contributed by atoms with Crippen LogP contribution in [0.5, 0.6) is 0 Å². The molecular formula is C12H21NS2. The van der Waals surface area contributed by atoms with E-state index in [-0.39, 0.29) is 0 Å². The van der Waals surface area contributed by atoms with Crippen LogP contribution in [0.3, 0.4) is 0 Å². The van der Waals surface area contributed by atoms with Crippen LogP contribution in [0.25, 0.3) is 0 Å². The predicted octanol–water partition coefficient (Wildman–Crippen LogP) is 3.85. The SMILES string of the molecule is CSC(C)(C)CNC(C)c1ccc(C)s1. The van der Waals surface area contributed by atoms with Crippen molar-refractivity contribution in [2.45, 2.75) is 38.5 Å². The summed E-state index contributed by atoms with van der Waals surface area (Å²) in [5, 5.41) is 3.59. The lowest BCUT2D eigenvalue weighted by molar-refractivity contribution is 0.528. The van der Waals surface area contributed by atoms with Gasteiger partial charge >= 0.3 is 0 Å². The molecule has 0 spiro atoms. The fourth-order valence-electron chi connectivity index (χ4n) is 1.26. The Morgan fingerprint density at radius 3 is 2.60 bits per heavy atom. The summed E-state index contributed by atoms with van der Waals surface area (Å²) < 4.78 is 0.320. The van der Waals surface area contributed by atoms with Gasteiger partial charge in [-0.3, -0.25) is 0 Å². The van der Waals surface area contributed by atoms with Crippen molar-refractivity contribution in [3.8, 4) is 0 Å². The second kappa shape index (κ2) is 5.37. The molecule has 1 atom stereocenters. The number of hydrogen-bond donors (Lipinski definition) is 1. The molecule has 0 radical (unpaired) electrons. The topological polar surface area (TPSA) is 12.0 Å². The summed E-state index contributed by atoms with van der Waals surface area (Å²) >= 11 is 3.80. The molecular weight excluding hydrogens is 222 g/mol. The van der Waals surface area contributed by atoms with Gasteiger partial charge in [-0.2, -0.15) is 11.8 Å². The second-order valence-electron chi connectivity index (χ2n) is 4.51. The van der Waals surface area contributed by atoms with Gasteiger partial charge in [0.1, 0.15) is 0 Å². The van der Waals surface area contributed by atoms with Crippen molar-refractivity contribution in [3.63, 3.8) is 0 Å². The number of hydrogen-bond acceptors (Lipinski definition) is 3. The molecule has 0 saturated heterocycles. The summed E-state index contributed by atoms with van der Waals surface area (Å²) in [4.78, 5) is 2.83. The summed E-state index contributed by atoms with van der Waals surface area (Å²) in [5.41, 5.74) is 0. The average Bonchev–Trinajstić information content (AvgIpc) is 2.61. The molecule has 0 fully saturated rings. The number of rotatable bonds is 5. The number of nitrogens with one attached hydrogen (secondary N) is 1. The van der Waals surface area contributed by atoms with Crippen LogP contribution in [0.1, 0.15) is 36.6 Å². The minimum Gasteiger partial charge on any atom is -0.308 e. The van der Waals surface area contributed by atoms with Crippen LogP contribution in [0.15, 0.2) is 12.1 Å². The molecule has 1 heterocycles. The smallest absolute Gasteiger partial charge is 0.0386 e. The summed E-state index contributed by atoms with van der Waals surface area (Å²) in [6.45, 7) is 9.99. The highest BCUT2D eigenvalue weighted by atomic mass is 32.2. The van der Waals surface area contributed by atoms with E-state index in [4.69, 9.17) is 0 Å². The summed E-state index contributed by atoms with van der Waals surface area (Å²) in [7, 11) is 0.